The lowest BCUT2D eigenvalue weighted by molar-refractivity contribution is -0.123. The molecule has 0 saturated carbocycles. The molecule has 0 radical (unpaired) electrons. The molecule has 7 heteroatoms. The number of hydrazone groups is 1. The molecule has 1 aliphatic rings. The number of methoxy groups -OCH3 is 1. The summed E-state index contributed by atoms with van der Waals surface area (Å²) in [6.45, 7) is 1.62. The van der Waals surface area contributed by atoms with Crippen LogP contribution in [-0.4, -0.2) is 30.4 Å². The number of nitrogens with one attached hydrogen (secondary N) is 1. The number of phenols is 1. The first-order valence-corrected chi connectivity index (χ1v) is 8.13. The van der Waals surface area contributed by atoms with Crippen molar-refractivity contribution >= 4 is 11.6 Å². The lowest BCUT2D eigenvalue weighted by Crippen LogP contribution is -2.25. The van der Waals surface area contributed by atoms with Crippen LogP contribution >= 0.6 is 0 Å². The van der Waals surface area contributed by atoms with Crippen LogP contribution in [0.2, 0.25) is 0 Å². The first kappa shape index (κ1) is 17.7. The second-order valence-electron chi connectivity index (χ2n) is 6.02. The average molecular weight is 358 g/mol. The summed E-state index contributed by atoms with van der Waals surface area (Å²) in [5, 5.41) is 14.1. The van der Waals surface area contributed by atoms with Crippen LogP contribution in [0.3, 0.4) is 0 Å². The van der Waals surface area contributed by atoms with E-state index in [0.29, 0.717) is 34.8 Å². The van der Waals surface area contributed by atoms with E-state index in [4.69, 9.17) is 9.47 Å². The molecule has 6 nitrogen and oxygen atoms in total. The Morgan fingerprint density at radius 2 is 1.96 bits per heavy atom. The number of ether oxygens (including phenoxy) is 2. The zero-order valence-electron chi connectivity index (χ0n) is 14.5. The largest absolute Gasteiger partial charge is 0.507 e. The van der Waals surface area contributed by atoms with Crippen molar-refractivity contribution in [3.8, 4) is 17.2 Å². The van der Waals surface area contributed by atoms with Crippen molar-refractivity contribution < 1.29 is 23.8 Å². The molecule has 0 saturated heterocycles. The molecule has 0 bridgehead atoms. The van der Waals surface area contributed by atoms with Crippen LogP contribution < -0.4 is 14.9 Å². The Kier molecular flexibility index (Phi) is 5.06. The van der Waals surface area contributed by atoms with Gasteiger partial charge in [-0.1, -0.05) is 6.92 Å². The first-order chi connectivity index (χ1) is 12.5. The summed E-state index contributed by atoms with van der Waals surface area (Å²) in [7, 11) is 1.56. The van der Waals surface area contributed by atoms with Gasteiger partial charge in [0.1, 0.15) is 23.1 Å². The number of carbonyl (C=O) groups is 1. The number of hydrogen-bond acceptors (Lipinski definition) is 5. The molecule has 2 aromatic rings. The average Bonchev–Trinajstić information content (AvgIpc) is 2.99. The van der Waals surface area contributed by atoms with Gasteiger partial charge in [-0.3, -0.25) is 4.79 Å². The van der Waals surface area contributed by atoms with Crippen molar-refractivity contribution in [2.75, 3.05) is 13.7 Å². The fourth-order valence-electron chi connectivity index (χ4n) is 2.95. The normalized spacial score (nSPS) is 17.0. The van der Waals surface area contributed by atoms with Crippen molar-refractivity contribution in [1.29, 1.82) is 0 Å². The molecule has 0 spiro atoms. The maximum Gasteiger partial charge on any atom is 0.277 e. The lowest BCUT2D eigenvalue weighted by Gasteiger charge is -2.07. The van der Waals surface area contributed by atoms with Gasteiger partial charge in [0.2, 0.25) is 0 Å². The van der Waals surface area contributed by atoms with Gasteiger partial charge in [0.25, 0.3) is 5.91 Å². The number of benzene rings is 2. The molecule has 0 aliphatic heterocycles. The number of halogens is 1. The Labute approximate surface area is 150 Å². The molecular weight excluding hydrogens is 339 g/mol. The third-order valence-electron chi connectivity index (χ3n) is 4.20. The van der Waals surface area contributed by atoms with Gasteiger partial charge in [-0.15, -0.1) is 0 Å². The van der Waals surface area contributed by atoms with Gasteiger partial charge in [-0.05, 0) is 48.7 Å². The van der Waals surface area contributed by atoms with E-state index in [1.807, 2.05) is 6.92 Å². The van der Waals surface area contributed by atoms with Gasteiger partial charge in [0, 0.05) is 11.1 Å². The standard InChI is InChI=1S/C19H19FN2O4/c1-11-9-15(19-16(23)8-7-14(20)18(11)19)21-22-17(24)10-26-13-5-3-12(25-2)4-6-13/h3-8,11,23H,9-10H2,1-2H3,(H,22,24)/b21-15+/t11-/m1/s1. The predicted molar refractivity (Wildman–Crippen MR) is 94.3 cm³/mol. The number of hydrogen-bond donors (Lipinski definition) is 2. The molecular formula is C19H19FN2O4. The Bertz CT molecular complexity index is 849. The van der Waals surface area contributed by atoms with Crippen molar-refractivity contribution in [2.24, 2.45) is 5.10 Å². The van der Waals surface area contributed by atoms with Crippen LogP contribution in [-0.2, 0) is 4.79 Å². The first-order valence-electron chi connectivity index (χ1n) is 8.13. The van der Waals surface area contributed by atoms with Crippen LogP contribution in [0.1, 0.15) is 30.4 Å². The van der Waals surface area contributed by atoms with Gasteiger partial charge in [0.15, 0.2) is 6.61 Å². The Morgan fingerprint density at radius 3 is 2.65 bits per heavy atom. The molecule has 1 atom stereocenters. The third kappa shape index (κ3) is 3.61. The summed E-state index contributed by atoms with van der Waals surface area (Å²) in [4.78, 5) is 11.9. The van der Waals surface area contributed by atoms with Crippen LogP contribution in [0.25, 0.3) is 0 Å². The van der Waals surface area contributed by atoms with Crippen LogP contribution in [0, 0.1) is 5.82 Å². The number of carbonyl (C=O) groups excluding carboxylic acids is 1. The number of amides is 1. The number of nitrogens with zero attached hydrogens (tertiary/aromatic N) is 1. The highest BCUT2D eigenvalue weighted by Gasteiger charge is 2.30. The molecule has 26 heavy (non-hydrogen) atoms. The Morgan fingerprint density at radius 1 is 1.27 bits per heavy atom. The summed E-state index contributed by atoms with van der Waals surface area (Å²) in [5.74, 6) is 0.203. The molecule has 0 aromatic heterocycles. The Hall–Kier alpha value is -3.09. The van der Waals surface area contributed by atoms with Gasteiger partial charge >= 0.3 is 0 Å². The van der Waals surface area contributed by atoms with Gasteiger partial charge < -0.3 is 14.6 Å². The maximum atomic E-state index is 14.0. The van der Waals surface area contributed by atoms with Crippen LogP contribution in [0.4, 0.5) is 4.39 Å². The molecule has 2 aromatic carbocycles. The van der Waals surface area contributed by atoms with E-state index in [0.717, 1.165) is 0 Å². The number of phenolic OH excluding ortho intramolecular Hbond substituents is 1. The van der Waals surface area contributed by atoms with E-state index in [1.165, 1.54) is 12.1 Å². The molecule has 0 heterocycles. The second-order valence-corrected chi connectivity index (χ2v) is 6.02. The lowest BCUT2D eigenvalue weighted by atomic mass is 10.0. The molecule has 1 amide bonds. The fraction of sp³-hybridized carbons (Fsp3) is 0.263. The number of rotatable bonds is 5. The van der Waals surface area contributed by atoms with Crippen LogP contribution in [0.5, 0.6) is 17.2 Å². The summed E-state index contributed by atoms with van der Waals surface area (Å²) in [6.07, 6.45) is 0.434. The third-order valence-corrected chi connectivity index (χ3v) is 4.20. The SMILES string of the molecule is COc1ccc(OCC(=O)N/N=C2\C[C@@H](C)c3c(F)ccc(O)c32)cc1. The van der Waals surface area contributed by atoms with Crippen molar-refractivity contribution in [3.05, 3.63) is 53.3 Å². The van der Waals surface area contributed by atoms with Crippen molar-refractivity contribution in [1.82, 2.24) is 5.43 Å². The summed E-state index contributed by atoms with van der Waals surface area (Å²) < 4.78 is 24.4. The van der Waals surface area contributed by atoms with E-state index in [2.05, 4.69) is 10.5 Å². The minimum Gasteiger partial charge on any atom is -0.507 e. The fourth-order valence-corrected chi connectivity index (χ4v) is 2.95. The van der Waals surface area contributed by atoms with Crippen molar-refractivity contribution in [3.63, 3.8) is 0 Å². The Balaban J connectivity index is 1.63. The minimum atomic E-state index is -0.453. The van der Waals surface area contributed by atoms with Gasteiger partial charge in [-0.25, -0.2) is 9.82 Å². The van der Waals surface area contributed by atoms with E-state index in [9.17, 15) is 14.3 Å². The maximum absolute atomic E-state index is 14.0. The summed E-state index contributed by atoms with van der Waals surface area (Å²) >= 11 is 0. The predicted octanol–water partition coefficient (Wildman–Crippen LogP) is 2.95. The topological polar surface area (TPSA) is 80.2 Å². The van der Waals surface area contributed by atoms with E-state index in [-0.39, 0.29) is 24.1 Å². The molecule has 136 valence electrons. The molecule has 0 unspecified atom stereocenters. The zero-order chi connectivity index (χ0) is 18.7. The zero-order valence-corrected chi connectivity index (χ0v) is 14.5. The molecule has 2 N–H and O–H groups in total. The van der Waals surface area contributed by atoms with Crippen LogP contribution in [0.15, 0.2) is 41.5 Å². The highest BCUT2D eigenvalue weighted by molar-refractivity contribution is 6.07. The number of fused-ring (bicyclic) bond motifs is 1. The van der Waals surface area contributed by atoms with E-state index in [1.54, 1.807) is 31.4 Å². The highest BCUT2D eigenvalue weighted by atomic mass is 19.1. The van der Waals surface area contributed by atoms with Crippen molar-refractivity contribution in [2.45, 2.75) is 19.3 Å². The monoisotopic (exact) mass is 358 g/mol. The quantitative estimate of drug-likeness (QED) is 0.806. The molecule has 1 aliphatic carbocycles. The van der Waals surface area contributed by atoms with Gasteiger partial charge in [0.05, 0.1) is 12.8 Å². The van der Waals surface area contributed by atoms with Gasteiger partial charge in [-0.2, -0.15) is 5.10 Å². The minimum absolute atomic E-state index is 0.0479. The van der Waals surface area contributed by atoms with E-state index < -0.39 is 5.91 Å². The summed E-state index contributed by atoms with van der Waals surface area (Å²) in [6, 6.07) is 9.34. The summed E-state index contributed by atoms with van der Waals surface area (Å²) in [5.41, 5.74) is 3.62. The highest BCUT2D eigenvalue weighted by Crippen LogP contribution is 2.39. The molecule has 3 rings (SSSR count). The number of aromatic hydroxyl groups is 1. The van der Waals surface area contributed by atoms with E-state index >= 15 is 0 Å². The smallest absolute Gasteiger partial charge is 0.277 e. The molecule has 0 fully saturated rings. The second kappa shape index (κ2) is 7.43.